The monoisotopic (exact) mass is 286 g/mol. The Morgan fingerprint density at radius 3 is 2.23 bits per heavy atom. The molecule has 108 valence electrons. The first-order chi connectivity index (χ1) is 10.7. The molecule has 0 fully saturated rings. The summed E-state index contributed by atoms with van der Waals surface area (Å²) in [4.78, 5) is 0. The van der Waals surface area contributed by atoms with Crippen LogP contribution < -0.4 is 0 Å². The van der Waals surface area contributed by atoms with Gasteiger partial charge in [-0.1, -0.05) is 62.4 Å². The van der Waals surface area contributed by atoms with Crippen molar-refractivity contribution in [2.24, 2.45) is 0 Å². The molecule has 4 rings (SSSR count). The number of fused-ring (bicyclic) bond motifs is 3. The Hall–Kier alpha value is -2.54. The summed E-state index contributed by atoms with van der Waals surface area (Å²) in [5.41, 5.74) is 5.79. The zero-order chi connectivity index (χ0) is 15.1. The molecule has 0 unspecified atom stereocenters. The van der Waals surface area contributed by atoms with Crippen molar-refractivity contribution in [2.45, 2.75) is 19.8 Å². The van der Waals surface area contributed by atoms with Crippen LogP contribution in [0.15, 0.2) is 71.1 Å². The van der Waals surface area contributed by atoms with Crippen molar-refractivity contribution in [2.75, 3.05) is 0 Å². The standard InChI is InChI=1S/C21H18O/c1-14(2)17-12-19-16-10-6-7-11-20(16)22-21(19)13-18(17)15-8-4-3-5-9-15/h3-14H,1-2H3. The number of furan rings is 1. The molecule has 1 heterocycles. The van der Waals surface area contributed by atoms with Gasteiger partial charge in [0.2, 0.25) is 0 Å². The second-order valence-corrected chi connectivity index (χ2v) is 6.05. The first-order valence-electron chi connectivity index (χ1n) is 7.74. The van der Waals surface area contributed by atoms with Crippen LogP contribution >= 0.6 is 0 Å². The molecular weight excluding hydrogens is 268 g/mol. The lowest BCUT2D eigenvalue weighted by Crippen LogP contribution is -1.92. The molecular formula is C21H18O. The van der Waals surface area contributed by atoms with E-state index in [9.17, 15) is 0 Å². The van der Waals surface area contributed by atoms with Gasteiger partial charge in [-0.15, -0.1) is 0 Å². The van der Waals surface area contributed by atoms with E-state index in [2.05, 4.69) is 68.4 Å². The maximum absolute atomic E-state index is 6.05. The average molecular weight is 286 g/mol. The van der Waals surface area contributed by atoms with E-state index >= 15 is 0 Å². The van der Waals surface area contributed by atoms with Gasteiger partial charge in [0.25, 0.3) is 0 Å². The highest BCUT2D eigenvalue weighted by Gasteiger charge is 2.14. The molecule has 3 aromatic carbocycles. The van der Waals surface area contributed by atoms with E-state index in [4.69, 9.17) is 4.42 Å². The van der Waals surface area contributed by atoms with Crippen LogP contribution in [0.5, 0.6) is 0 Å². The summed E-state index contributed by atoms with van der Waals surface area (Å²) >= 11 is 0. The minimum absolute atomic E-state index is 0.466. The Morgan fingerprint density at radius 1 is 0.727 bits per heavy atom. The molecule has 22 heavy (non-hydrogen) atoms. The Balaban J connectivity index is 2.08. The molecule has 4 aromatic rings. The van der Waals surface area contributed by atoms with Gasteiger partial charge >= 0.3 is 0 Å². The molecule has 0 spiro atoms. The second kappa shape index (κ2) is 5.03. The van der Waals surface area contributed by atoms with Gasteiger partial charge in [-0.2, -0.15) is 0 Å². The summed E-state index contributed by atoms with van der Waals surface area (Å²) in [5.74, 6) is 0.466. The zero-order valence-corrected chi connectivity index (χ0v) is 12.8. The van der Waals surface area contributed by atoms with Crippen molar-refractivity contribution < 1.29 is 4.42 Å². The van der Waals surface area contributed by atoms with Crippen molar-refractivity contribution >= 4 is 21.9 Å². The molecule has 0 bridgehead atoms. The van der Waals surface area contributed by atoms with Gasteiger partial charge in [-0.05, 0) is 40.8 Å². The molecule has 0 aliphatic carbocycles. The van der Waals surface area contributed by atoms with E-state index in [1.54, 1.807) is 0 Å². The van der Waals surface area contributed by atoms with Gasteiger partial charge in [-0.25, -0.2) is 0 Å². The van der Waals surface area contributed by atoms with E-state index < -0.39 is 0 Å². The molecule has 1 heteroatoms. The molecule has 0 aliphatic heterocycles. The SMILES string of the molecule is CC(C)c1cc2c(cc1-c1ccccc1)oc1ccccc12. The zero-order valence-electron chi connectivity index (χ0n) is 12.8. The van der Waals surface area contributed by atoms with Gasteiger partial charge in [0.15, 0.2) is 0 Å². The average Bonchev–Trinajstić information content (AvgIpc) is 2.92. The largest absolute Gasteiger partial charge is 0.456 e. The van der Waals surface area contributed by atoms with E-state index in [0.29, 0.717) is 5.92 Å². The third kappa shape index (κ3) is 2.01. The Labute approximate surface area is 130 Å². The summed E-state index contributed by atoms with van der Waals surface area (Å²) in [6.07, 6.45) is 0. The maximum atomic E-state index is 6.05. The summed E-state index contributed by atoms with van der Waals surface area (Å²) in [7, 11) is 0. The van der Waals surface area contributed by atoms with Crippen LogP contribution in [0.25, 0.3) is 33.1 Å². The summed E-state index contributed by atoms with van der Waals surface area (Å²) < 4.78 is 6.05. The van der Waals surface area contributed by atoms with Crippen molar-refractivity contribution in [3.05, 3.63) is 72.3 Å². The highest BCUT2D eigenvalue weighted by atomic mass is 16.3. The van der Waals surface area contributed by atoms with E-state index in [1.807, 2.05) is 12.1 Å². The molecule has 0 aliphatic rings. The fourth-order valence-corrected chi connectivity index (χ4v) is 3.13. The predicted octanol–water partition coefficient (Wildman–Crippen LogP) is 6.38. The first kappa shape index (κ1) is 13.1. The molecule has 0 saturated heterocycles. The lowest BCUT2D eigenvalue weighted by molar-refractivity contribution is 0.669. The topological polar surface area (TPSA) is 13.1 Å². The quantitative estimate of drug-likeness (QED) is 0.417. The Kier molecular flexibility index (Phi) is 3.00. The van der Waals surface area contributed by atoms with Crippen LogP contribution in [0.3, 0.4) is 0 Å². The molecule has 0 saturated carbocycles. The van der Waals surface area contributed by atoms with Crippen molar-refractivity contribution in [1.29, 1.82) is 0 Å². The number of para-hydroxylation sites is 1. The van der Waals surface area contributed by atoms with E-state index in [1.165, 1.54) is 27.5 Å². The summed E-state index contributed by atoms with van der Waals surface area (Å²) in [6, 6.07) is 23.3. The minimum atomic E-state index is 0.466. The van der Waals surface area contributed by atoms with Crippen LogP contribution in [-0.4, -0.2) is 0 Å². The molecule has 1 nitrogen and oxygen atoms in total. The Bertz CT molecular complexity index is 946. The van der Waals surface area contributed by atoms with Gasteiger partial charge in [-0.3, -0.25) is 0 Å². The molecule has 0 N–H and O–H groups in total. The normalized spacial score (nSPS) is 11.6. The highest BCUT2D eigenvalue weighted by molar-refractivity contribution is 6.06. The number of hydrogen-bond acceptors (Lipinski definition) is 1. The molecule has 0 radical (unpaired) electrons. The Morgan fingerprint density at radius 2 is 1.45 bits per heavy atom. The van der Waals surface area contributed by atoms with Crippen LogP contribution in [-0.2, 0) is 0 Å². The van der Waals surface area contributed by atoms with E-state index in [-0.39, 0.29) is 0 Å². The number of benzene rings is 3. The fourth-order valence-electron chi connectivity index (χ4n) is 3.13. The van der Waals surface area contributed by atoms with Gasteiger partial charge in [0.05, 0.1) is 0 Å². The number of rotatable bonds is 2. The molecule has 0 atom stereocenters. The van der Waals surface area contributed by atoms with Gasteiger partial charge in [0.1, 0.15) is 11.2 Å². The number of hydrogen-bond donors (Lipinski definition) is 0. The first-order valence-corrected chi connectivity index (χ1v) is 7.74. The fraction of sp³-hybridized carbons (Fsp3) is 0.143. The lowest BCUT2D eigenvalue weighted by Gasteiger charge is -2.13. The second-order valence-electron chi connectivity index (χ2n) is 6.05. The van der Waals surface area contributed by atoms with Crippen LogP contribution in [0.4, 0.5) is 0 Å². The van der Waals surface area contributed by atoms with Crippen molar-refractivity contribution in [1.82, 2.24) is 0 Å². The molecule has 0 amide bonds. The lowest BCUT2D eigenvalue weighted by atomic mass is 9.91. The third-order valence-electron chi connectivity index (χ3n) is 4.26. The minimum Gasteiger partial charge on any atom is -0.456 e. The maximum Gasteiger partial charge on any atom is 0.136 e. The van der Waals surface area contributed by atoms with Gasteiger partial charge < -0.3 is 4.42 Å². The highest BCUT2D eigenvalue weighted by Crippen LogP contribution is 2.37. The van der Waals surface area contributed by atoms with Crippen molar-refractivity contribution in [3.63, 3.8) is 0 Å². The van der Waals surface area contributed by atoms with E-state index in [0.717, 1.165) is 11.2 Å². The summed E-state index contributed by atoms with van der Waals surface area (Å²) in [5, 5.41) is 2.40. The van der Waals surface area contributed by atoms with Crippen LogP contribution in [0.1, 0.15) is 25.3 Å². The van der Waals surface area contributed by atoms with Gasteiger partial charge in [0, 0.05) is 10.8 Å². The van der Waals surface area contributed by atoms with Crippen molar-refractivity contribution in [3.8, 4) is 11.1 Å². The molecule has 1 aromatic heterocycles. The van der Waals surface area contributed by atoms with Crippen LogP contribution in [0.2, 0.25) is 0 Å². The smallest absolute Gasteiger partial charge is 0.136 e. The third-order valence-corrected chi connectivity index (χ3v) is 4.26. The summed E-state index contributed by atoms with van der Waals surface area (Å²) in [6.45, 7) is 4.49. The van der Waals surface area contributed by atoms with Crippen LogP contribution in [0, 0.1) is 0 Å². The predicted molar refractivity (Wildman–Crippen MR) is 93.2 cm³/mol.